The Morgan fingerprint density at radius 3 is 2.06 bits per heavy atom. The molecule has 0 saturated heterocycles. The molecule has 2 aliphatic carbocycles. The van der Waals surface area contributed by atoms with Crippen LogP contribution in [0.1, 0.15) is 44.9 Å². The number of hydrogen-bond donors (Lipinski definition) is 2. The summed E-state index contributed by atoms with van der Waals surface area (Å²) in [7, 11) is 4.34. The van der Waals surface area contributed by atoms with Crippen molar-refractivity contribution in [3.05, 3.63) is 0 Å². The highest BCUT2D eigenvalue weighted by Crippen LogP contribution is 2.36. The van der Waals surface area contributed by atoms with E-state index in [2.05, 4.69) is 24.3 Å². The molecule has 2 saturated carbocycles. The molecule has 0 aliphatic heterocycles. The quantitative estimate of drug-likeness (QED) is 0.743. The largest absolute Gasteiger partial charge is 0.389 e. The van der Waals surface area contributed by atoms with Crippen molar-refractivity contribution in [2.24, 2.45) is 0 Å². The van der Waals surface area contributed by atoms with Crippen LogP contribution in [0, 0.1) is 0 Å². The highest BCUT2D eigenvalue weighted by molar-refractivity contribution is 4.98. The molecule has 2 fully saturated rings. The van der Waals surface area contributed by atoms with Crippen LogP contribution in [0.5, 0.6) is 0 Å². The van der Waals surface area contributed by atoms with E-state index < -0.39 is 5.60 Å². The van der Waals surface area contributed by atoms with E-state index in [-0.39, 0.29) is 0 Å². The van der Waals surface area contributed by atoms with Gasteiger partial charge in [-0.05, 0) is 46.2 Å². The maximum Gasteiger partial charge on any atom is 0.0771 e. The normalized spacial score (nSPS) is 27.0. The molecular formula is C13H26N2O. The van der Waals surface area contributed by atoms with E-state index in [0.29, 0.717) is 5.54 Å². The molecule has 0 bridgehead atoms. The molecule has 0 spiro atoms. The minimum atomic E-state index is -0.406. The standard InChI is InChI=1S/C13H26N2O/c1-15(2)12(6-5-7-12)10-14-11-13(16)8-3-4-9-13/h14,16H,3-11H2,1-2H3. The molecule has 0 aromatic rings. The number of nitrogens with one attached hydrogen (secondary N) is 1. The SMILES string of the molecule is CN(C)C1(CNCC2(O)CCCC2)CCC1. The molecule has 0 atom stereocenters. The Morgan fingerprint density at radius 2 is 1.62 bits per heavy atom. The first-order valence-corrected chi connectivity index (χ1v) is 6.67. The Bertz CT molecular complexity index is 230. The monoisotopic (exact) mass is 226 g/mol. The summed E-state index contributed by atoms with van der Waals surface area (Å²) in [4.78, 5) is 2.35. The molecule has 2 rings (SSSR count). The van der Waals surface area contributed by atoms with Crippen molar-refractivity contribution >= 4 is 0 Å². The number of nitrogens with zero attached hydrogens (tertiary/aromatic N) is 1. The second-order valence-electron chi connectivity index (χ2n) is 6.01. The van der Waals surface area contributed by atoms with Gasteiger partial charge in [0.25, 0.3) is 0 Å². The molecule has 0 unspecified atom stereocenters. The van der Waals surface area contributed by atoms with Crippen LogP contribution in [0.2, 0.25) is 0 Å². The van der Waals surface area contributed by atoms with Crippen LogP contribution in [-0.4, -0.2) is 48.3 Å². The molecule has 0 aromatic heterocycles. The highest BCUT2D eigenvalue weighted by atomic mass is 16.3. The number of hydrogen-bond acceptors (Lipinski definition) is 3. The molecule has 94 valence electrons. The van der Waals surface area contributed by atoms with E-state index in [1.807, 2.05) is 0 Å². The summed E-state index contributed by atoms with van der Waals surface area (Å²) < 4.78 is 0. The van der Waals surface area contributed by atoms with Crippen molar-refractivity contribution in [3.63, 3.8) is 0 Å². The topological polar surface area (TPSA) is 35.5 Å². The summed E-state index contributed by atoms with van der Waals surface area (Å²) >= 11 is 0. The lowest BCUT2D eigenvalue weighted by atomic mass is 9.75. The van der Waals surface area contributed by atoms with Gasteiger partial charge in [0.2, 0.25) is 0 Å². The average molecular weight is 226 g/mol. The summed E-state index contributed by atoms with van der Waals surface area (Å²) in [5.41, 5.74) is -0.0355. The van der Waals surface area contributed by atoms with E-state index in [4.69, 9.17) is 0 Å². The summed E-state index contributed by atoms with van der Waals surface area (Å²) in [6, 6.07) is 0. The summed E-state index contributed by atoms with van der Waals surface area (Å²) in [5.74, 6) is 0. The second kappa shape index (κ2) is 4.63. The Balaban J connectivity index is 1.74. The minimum absolute atomic E-state index is 0.370. The van der Waals surface area contributed by atoms with E-state index in [0.717, 1.165) is 25.9 Å². The zero-order valence-electron chi connectivity index (χ0n) is 10.8. The second-order valence-corrected chi connectivity index (χ2v) is 6.01. The molecule has 0 radical (unpaired) electrons. The first kappa shape index (κ1) is 12.3. The molecule has 2 N–H and O–H groups in total. The van der Waals surface area contributed by atoms with Gasteiger partial charge in [-0.3, -0.25) is 0 Å². The summed E-state index contributed by atoms with van der Waals surface area (Å²) in [5, 5.41) is 13.7. The lowest BCUT2D eigenvalue weighted by Crippen LogP contribution is -2.57. The molecule has 3 heteroatoms. The lowest BCUT2D eigenvalue weighted by molar-refractivity contribution is 0.0274. The van der Waals surface area contributed by atoms with Crippen molar-refractivity contribution < 1.29 is 5.11 Å². The van der Waals surface area contributed by atoms with Gasteiger partial charge in [0.1, 0.15) is 0 Å². The summed E-state index contributed by atoms with van der Waals surface area (Å²) in [6.45, 7) is 1.81. The van der Waals surface area contributed by atoms with Gasteiger partial charge in [-0.15, -0.1) is 0 Å². The van der Waals surface area contributed by atoms with Crippen LogP contribution in [0.3, 0.4) is 0 Å². The Morgan fingerprint density at radius 1 is 1.00 bits per heavy atom. The zero-order valence-corrected chi connectivity index (χ0v) is 10.8. The molecule has 2 aliphatic rings. The van der Waals surface area contributed by atoms with Crippen molar-refractivity contribution in [2.45, 2.75) is 56.1 Å². The van der Waals surface area contributed by atoms with Crippen molar-refractivity contribution in [1.29, 1.82) is 0 Å². The van der Waals surface area contributed by atoms with E-state index >= 15 is 0 Å². The molecule has 0 aromatic carbocycles. The van der Waals surface area contributed by atoms with Gasteiger partial charge in [-0.1, -0.05) is 12.8 Å². The van der Waals surface area contributed by atoms with E-state index in [1.54, 1.807) is 0 Å². The van der Waals surface area contributed by atoms with Crippen LogP contribution >= 0.6 is 0 Å². The van der Waals surface area contributed by atoms with Crippen molar-refractivity contribution in [2.75, 3.05) is 27.2 Å². The number of rotatable bonds is 5. The molecule has 0 heterocycles. The number of likely N-dealkylation sites (N-methyl/N-ethyl adjacent to an activating group) is 1. The Kier molecular flexibility index (Phi) is 3.57. The van der Waals surface area contributed by atoms with Crippen LogP contribution in [-0.2, 0) is 0 Å². The fourth-order valence-corrected chi connectivity index (χ4v) is 3.10. The number of aliphatic hydroxyl groups is 1. The third-order valence-electron chi connectivity index (χ3n) is 4.68. The van der Waals surface area contributed by atoms with E-state index in [1.165, 1.54) is 32.1 Å². The average Bonchev–Trinajstić information content (AvgIpc) is 2.57. The fourth-order valence-electron chi connectivity index (χ4n) is 3.10. The van der Waals surface area contributed by atoms with Crippen LogP contribution < -0.4 is 5.32 Å². The van der Waals surface area contributed by atoms with Gasteiger partial charge in [0.15, 0.2) is 0 Å². The van der Waals surface area contributed by atoms with Gasteiger partial charge in [0, 0.05) is 18.6 Å². The highest BCUT2D eigenvalue weighted by Gasteiger charge is 2.39. The third kappa shape index (κ3) is 2.41. The van der Waals surface area contributed by atoms with Gasteiger partial charge in [0.05, 0.1) is 5.60 Å². The minimum Gasteiger partial charge on any atom is -0.389 e. The smallest absolute Gasteiger partial charge is 0.0771 e. The Labute approximate surface area is 99.2 Å². The third-order valence-corrected chi connectivity index (χ3v) is 4.68. The predicted octanol–water partition coefficient (Wildman–Crippen LogP) is 1.37. The lowest BCUT2D eigenvalue weighted by Gasteiger charge is -2.48. The molecular weight excluding hydrogens is 200 g/mol. The van der Waals surface area contributed by atoms with Crippen molar-refractivity contribution in [3.8, 4) is 0 Å². The van der Waals surface area contributed by atoms with Crippen LogP contribution in [0.4, 0.5) is 0 Å². The van der Waals surface area contributed by atoms with Crippen LogP contribution in [0.15, 0.2) is 0 Å². The first-order valence-electron chi connectivity index (χ1n) is 6.67. The maximum atomic E-state index is 10.2. The van der Waals surface area contributed by atoms with Gasteiger partial charge in [-0.2, -0.15) is 0 Å². The predicted molar refractivity (Wildman–Crippen MR) is 66.6 cm³/mol. The molecule has 0 amide bonds. The van der Waals surface area contributed by atoms with Crippen LogP contribution in [0.25, 0.3) is 0 Å². The molecule has 3 nitrogen and oxygen atoms in total. The zero-order chi connectivity index (χ0) is 11.6. The maximum absolute atomic E-state index is 10.2. The Hall–Kier alpha value is -0.120. The fraction of sp³-hybridized carbons (Fsp3) is 1.00. The van der Waals surface area contributed by atoms with Crippen molar-refractivity contribution in [1.82, 2.24) is 10.2 Å². The van der Waals surface area contributed by atoms with E-state index in [9.17, 15) is 5.11 Å². The first-order chi connectivity index (χ1) is 7.56. The molecule has 16 heavy (non-hydrogen) atoms. The van der Waals surface area contributed by atoms with Gasteiger partial charge < -0.3 is 15.3 Å². The summed E-state index contributed by atoms with van der Waals surface area (Å²) in [6.07, 6.45) is 8.29. The van der Waals surface area contributed by atoms with Gasteiger partial charge in [-0.25, -0.2) is 0 Å². The van der Waals surface area contributed by atoms with Gasteiger partial charge >= 0.3 is 0 Å².